The highest BCUT2D eigenvalue weighted by molar-refractivity contribution is 6.35. The van der Waals surface area contributed by atoms with Crippen LogP contribution in [0, 0.1) is 0 Å². The number of ether oxygens (including phenoxy) is 2. The molecule has 0 bridgehead atoms. The molecule has 0 spiro atoms. The van der Waals surface area contributed by atoms with E-state index in [-0.39, 0.29) is 28.9 Å². The fraction of sp³-hybridized carbons (Fsp3) is 0.158. The van der Waals surface area contributed by atoms with Crippen molar-refractivity contribution in [2.75, 3.05) is 13.7 Å². The highest BCUT2D eigenvalue weighted by Crippen LogP contribution is 2.38. The number of esters is 1. The van der Waals surface area contributed by atoms with E-state index in [0.717, 1.165) is 0 Å². The maximum Gasteiger partial charge on any atom is 0.325 e. The topological polar surface area (TPSA) is 102 Å². The number of para-hydroxylation sites is 1. The Bertz CT molecular complexity index is 1110. The van der Waals surface area contributed by atoms with E-state index in [1.54, 1.807) is 30.3 Å². The third-order valence-electron chi connectivity index (χ3n) is 3.94. The molecule has 1 amide bonds. The third-order valence-corrected chi connectivity index (χ3v) is 4.47. The van der Waals surface area contributed by atoms with Crippen molar-refractivity contribution in [1.29, 1.82) is 0 Å². The lowest BCUT2D eigenvalue weighted by atomic mass is 10.2. The summed E-state index contributed by atoms with van der Waals surface area (Å²) < 4.78 is 11.3. The van der Waals surface area contributed by atoms with Gasteiger partial charge in [0.15, 0.2) is 12.3 Å². The molecule has 0 radical (unpaired) electrons. The molecule has 29 heavy (non-hydrogen) atoms. The van der Waals surface area contributed by atoms with E-state index in [9.17, 15) is 14.7 Å². The third kappa shape index (κ3) is 4.67. The zero-order valence-electron chi connectivity index (χ0n) is 15.1. The van der Waals surface area contributed by atoms with E-state index in [0.29, 0.717) is 15.9 Å². The van der Waals surface area contributed by atoms with Gasteiger partial charge in [-0.25, -0.2) is 0 Å². The van der Waals surface area contributed by atoms with E-state index in [1.165, 1.54) is 23.8 Å². The lowest BCUT2D eigenvalue weighted by Crippen LogP contribution is -2.10. The molecular formula is C19H15Cl2N3O5. The van der Waals surface area contributed by atoms with E-state index in [2.05, 4.69) is 15.0 Å². The number of benzene rings is 2. The van der Waals surface area contributed by atoms with Gasteiger partial charge in [0.2, 0.25) is 5.88 Å². The summed E-state index contributed by atoms with van der Waals surface area (Å²) in [5, 5.41) is 19.1. The van der Waals surface area contributed by atoms with Crippen molar-refractivity contribution in [2.24, 2.45) is 10.2 Å². The average Bonchev–Trinajstić information content (AvgIpc) is 2.97. The summed E-state index contributed by atoms with van der Waals surface area (Å²) in [4.78, 5) is 23.7. The lowest BCUT2D eigenvalue weighted by molar-refractivity contribution is -0.141. The van der Waals surface area contributed by atoms with Gasteiger partial charge in [0.05, 0.1) is 17.6 Å². The number of halogens is 2. The second-order valence-corrected chi connectivity index (χ2v) is 6.65. The van der Waals surface area contributed by atoms with Gasteiger partial charge in [-0.15, -0.1) is 10.2 Å². The van der Waals surface area contributed by atoms with Crippen molar-refractivity contribution in [2.45, 2.75) is 6.54 Å². The number of aromatic nitrogens is 1. The van der Waals surface area contributed by atoms with Crippen molar-refractivity contribution < 1.29 is 24.2 Å². The van der Waals surface area contributed by atoms with E-state index in [1.807, 2.05) is 0 Å². The Morgan fingerprint density at radius 2 is 1.93 bits per heavy atom. The number of fused-ring (bicyclic) bond motifs is 1. The Labute approximate surface area is 175 Å². The van der Waals surface area contributed by atoms with Crippen LogP contribution in [0.15, 0.2) is 52.7 Å². The van der Waals surface area contributed by atoms with Crippen molar-refractivity contribution in [3.05, 3.63) is 52.5 Å². The molecule has 0 aliphatic rings. The van der Waals surface area contributed by atoms with Crippen LogP contribution in [0.4, 0.5) is 5.69 Å². The average molecular weight is 436 g/mol. The molecule has 150 valence electrons. The molecule has 3 aromatic rings. The largest absolute Gasteiger partial charge is 0.493 e. The van der Waals surface area contributed by atoms with E-state index < -0.39 is 18.5 Å². The predicted octanol–water partition coefficient (Wildman–Crippen LogP) is 4.52. The number of azo groups is 1. The number of carbonyl (C=O) groups excluding carboxylic acids is 2. The second kappa shape index (κ2) is 8.93. The van der Waals surface area contributed by atoms with Crippen molar-refractivity contribution >= 4 is 51.7 Å². The molecular weight excluding hydrogens is 421 g/mol. The molecule has 0 fully saturated rings. The minimum absolute atomic E-state index is 0.0578. The van der Waals surface area contributed by atoms with Gasteiger partial charge in [0, 0.05) is 10.4 Å². The van der Waals surface area contributed by atoms with Crippen LogP contribution in [0.3, 0.4) is 0 Å². The predicted molar refractivity (Wildman–Crippen MR) is 107 cm³/mol. The molecule has 0 unspecified atom stereocenters. The Morgan fingerprint density at radius 1 is 1.17 bits per heavy atom. The molecule has 0 aliphatic heterocycles. The van der Waals surface area contributed by atoms with Crippen LogP contribution >= 0.6 is 23.2 Å². The molecule has 8 nitrogen and oxygen atoms in total. The molecule has 0 saturated heterocycles. The van der Waals surface area contributed by atoms with Crippen LogP contribution in [0.25, 0.3) is 10.9 Å². The van der Waals surface area contributed by atoms with Crippen LogP contribution < -0.4 is 4.74 Å². The molecule has 1 N–H and O–H groups in total. The first-order chi connectivity index (χ1) is 13.9. The zero-order chi connectivity index (χ0) is 21.0. The summed E-state index contributed by atoms with van der Waals surface area (Å²) in [6.45, 7) is -0.628. The van der Waals surface area contributed by atoms with Gasteiger partial charge < -0.3 is 14.6 Å². The number of hydrogen-bond acceptors (Lipinski definition) is 6. The standard InChI is InChI=1S/C19H15Cl2N3O5/c1-28-17(26)9-24-14-5-3-2-4-12(14)18(19(24)27)23-22-16(25)10-29-15-7-6-11(20)8-13(15)21/h2-8,27H,9-10H2,1H3. The van der Waals surface area contributed by atoms with Crippen LogP contribution in [-0.4, -0.2) is 35.3 Å². The first kappa shape index (κ1) is 20.6. The molecule has 3 rings (SSSR count). The van der Waals surface area contributed by atoms with Gasteiger partial charge in [0.1, 0.15) is 12.3 Å². The van der Waals surface area contributed by atoms with E-state index in [4.69, 9.17) is 27.9 Å². The number of hydrogen-bond donors (Lipinski definition) is 1. The summed E-state index contributed by atoms with van der Waals surface area (Å²) in [6.07, 6.45) is 0. The van der Waals surface area contributed by atoms with Crippen LogP contribution in [0.1, 0.15) is 0 Å². The monoisotopic (exact) mass is 435 g/mol. The Morgan fingerprint density at radius 3 is 2.66 bits per heavy atom. The Hall–Kier alpha value is -3.10. The molecule has 10 heteroatoms. The van der Waals surface area contributed by atoms with Crippen molar-refractivity contribution in [3.63, 3.8) is 0 Å². The highest BCUT2D eigenvalue weighted by atomic mass is 35.5. The number of aromatic hydroxyl groups is 1. The number of methoxy groups -OCH3 is 1. The molecule has 2 aromatic carbocycles. The fourth-order valence-electron chi connectivity index (χ4n) is 2.59. The zero-order valence-corrected chi connectivity index (χ0v) is 16.6. The molecule has 0 aliphatic carbocycles. The number of rotatable bonds is 6. The van der Waals surface area contributed by atoms with Gasteiger partial charge in [-0.1, -0.05) is 41.4 Å². The Balaban J connectivity index is 1.80. The summed E-state index contributed by atoms with van der Waals surface area (Å²) in [5.74, 6) is -1.28. The molecule has 1 aromatic heterocycles. The van der Waals surface area contributed by atoms with Crippen LogP contribution in [0.2, 0.25) is 10.0 Å². The number of carbonyl (C=O) groups is 2. The van der Waals surface area contributed by atoms with E-state index >= 15 is 0 Å². The van der Waals surface area contributed by atoms with Gasteiger partial charge >= 0.3 is 11.9 Å². The van der Waals surface area contributed by atoms with Gasteiger partial charge in [-0.05, 0) is 24.3 Å². The van der Waals surface area contributed by atoms with Gasteiger partial charge in [-0.2, -0.15) is 0 Å². The first-order valence-electron chi connectivity index (χ1n) is 8.30. The second-order valence-electron chi connectivity index (χ2n) is 5.81. The van der Waals surface area contributed by atoms with Gasteiger partial charge in [0.25, 0.3) is 0 Å². The summed E-state index contributed by atoms with van der Waals surface area (Å²) in [5.41, 5.74) is 0.600. The minimum atomic E-state index is -0.694. The van der Waals surface area contributed by atoms with Crippen molar-refractivity contribution in [3.8, 4) is 11.6 Å². The highest BCUT2D eigenvalue weighted by Gasteiger charge is 2.19. The van der Waals surface area contributed by atoms with Crippen LogP contribution in [-0.2, 0) is 20.9 Å². The quantitative estimate of drug-likeness (QED) is 0.452. The molecule has 0 atom stereocenters. The smallest absolute Gasteiger partial charge is 0.325 e. The minimum Gasteiger partial charge on any atom is -0.493 e. The SMILES string of the molecule is COC(=O)Cn1c(O)c(N=NC(=O)COc2ccc(Cl)cc2Cl)c2ccccc21. The Kier molecular flexibility index (Phi) is 6.36. The maximum atomic E-state index is 12.0. The lowest BCUT2D eigenvalue weighted by Gasteiger charge is -2.05. The van der Waals surface area contributed by atoms with Gasteiger partial charge in [-0.3, -0.25) is 14.2 Å². The normalized spacial score (nSPS) is 11.1. The number of amides is 1. The maximum absolute atomic E-state index is 12.0. The van der Waals surface area contributed by atoms with Crippen molar-refractivity contribution in [1.82, 2.24) is 4.57 Å². The van der Waals surface area contributed by atoms with Crippen LogP contribution in [0.5, 0.6) is 11.6 Å². The summed E-state index contributed by atoms with van der Waals surface area (Å²) in [6, 6.07) is 11.4. The molecule has 0 saturated carbocycles. The molecule has 1 heterocycles. The fourth-order valence-corrected chi connectivity index (χ4v) is 3.05. The summed E-state index contributed by atoms with van der Waals surface area (Å²) in [7, 11) is 1.25. The first-order valence-corrected chi connectivity index (χ1v) is 9.05. The summed E-state index contributed by atoms with van der Waals surface area (Å²) >= 11 is 11.8. The number of nitrogens with zero attached hydrogens (tertiary/aromatic N) is 3.